The summed E-state index contributed by atoms with van der Waals surface area (Å²) in [6, 6.07) is 0. The van der Waals surface area contributed by atoms with Gasteiger partial charge < -0.3 is 15.6 Å². The maximum Gasteiger partial charge on any atom is 0.111 e. The van der Waals surface area contributed by atoms with Crippen molar-refractivity contribution >= 4 is 0 Å². The predicted octanol–water partition coefficient (Wildman–Crippen LogP) is 0.132. The Balaban J connectivity index is 1.87. The molecule has 2 aliphatic rings. The second-order valence-electron chi connectivity index (χ2n) is 4.16. The molecule has 2 aliphatic heterocycles. The van der Waals surface area contributed by atoms with Crippen molar-refractivity contribution in [3.63, 3.8) is 0 Å². The molecule has 0 radical (unpaired) electrons. The molecule has 0 spiro atoms. The topological polar surface area (TPSA) is 52.7 Å². The van der Waals surface area contributed by atoms with Crippen LogP contribution < -0.4 is 10.6 Å². The number of imidazole rings is 1. The minimum absolute atomic E-state index is 0.612. The average Bonchev–Trinajstić information content (AvgIpc) is 2.86. The van der Waals surface area contributed by atoms with Crippen LogP contribution in [0.4, 0.5) is 0 Å². The fourth-order valence-electron chi connectivity index (χ4n) is 2.32. The molecule has 4 nitrogen and oxygen atoms in total. The Bertz CT molecular complexity index is 301. The van der Waals surface area contributed by atoms with E-state index in [0.717, 1.165) is 32.6 Å². The van der Waals surface area contributed by atoms with Gasteiger partial charge in [0.1, 0.15) is 5.82 Å². The van der Waals surface area contributed by atoms with Crippen LogP contribution in [0.2, 0.25) is 0 Å². The molecule has 14 heavy (non-hydrogen) atoms. The van der Waals surface area contributed by atoms with Crippen molar-refractivity contribution in [3.8, 4) is 0 Å². The molecule has 0 bridgehead atoms. The van der Waals surface area contributed by atoms with Gasteiger partial charge in [-0.2, -0.15) is 0 Å². The summed E-state index contributed by atoms with van der Waals surface area (Å²) in [5.41, 5.74) is 2.59. The van der Waals surface area contributed by atoms with E-state index >= 15 is 0 Å². The van der Waals surface area contributed by atoms with Crippen LogP contribution in [-0.2, 0) is 13.0 Å². The maximum atomic E-state index is 4.70. The van der Waals surface area contributed by atoms with E-state index in [-0.39, 0.29) is 0 Å². The summed E-state index contributed by atoms with van der Waals surface area (Å²) in [6.07, 6.45) is 2.30. The van der Waals surface area contributed by atoms with Gasteiger partial charge in [-0.05, 0) is 13.0 Å². The van der Waals surface area contributed by atoms with Crippen molar-refractivity contribution in [3.05, 3.63) is 17.2 Å². The summed E-state index contributed by atoms with van der Waals surface area (Å²) >= 11 is 0. The van der Waals surface area contributed by atoms with E-state index in [9.17, 15) is 0 Å². The van der Waals surface area contributed by atoms with Crippen LogP contribution in [0.5, 0.6) is 0 Å². The van der Waals surface area contributed by atoms with Crippen LogP contribution in [0.1, 0.15) is 29.6 Å². The number of nitrogens with zero attached hydrogens (tertiary/aromatic N) is 1. The zero-order chi connectivity index (χ0) is 9.38. The van der Waals surface area contributed by atoms with Gasteiger partial charge in [0, 0.05) is 32.0 Å². The van der Waals surface area contributed by atoms with E-state index in [1.165, 1.54) is 23.6 Å². The highest BCUT2D eigenvalue weighted by molar-refractivity contribution is 5.19. The molecule has 1 fully saturated rings. The Labute approximate surface area is 83.5 Å². The lowest BCUT2D eigenvalue weighted by Gasteiger charge is -2.09. The highest BCUT2D eigenvalue weighted by Gasteiger charge is 2.22. The third-order valence-electron chi connectivity index (χ3n) is 3.17. The summed E-state index contributed by atoms with van der Waals surface area (Å²) in [6.45, 7) is 4.25. The van der Waals surface area contributed by atoms with Crippen LogP contribution in [0.3, 0.4) is 0 Å². The molecule has 1 saturated heterocycles. The van der Waals surface area contributed by atoms with Gasteiger partial charge >= 0.3 is 0 Å². The normalized spacial score (nSPS) is 26.4. The van der Waals surface area contributed by atoms with Crippen LogP contribution >= 0.6 is 0 Å². The van der Waals surface area contributed by atoms with Crippen molar-refractivity contribution < 1.29 is 0 Å². The summed E-state index contributed by atoms with van der Waals surface area (Å²) in [4.78, 5) is 8.16. The standard InChI is InChI=1S/C10H16N4/c1-3-11-5-7(1)10-13-8-2-4-12-6-9(8)14-10/h7,11-12H,1-6H2,(H,13,14). The molecule has 0 aromatic carbocycles. The minimum atomic E-state index is 0.612. The molecular weight excluding hydrogens is 176 g/mol. The number of hydrogen-bond donors (Lipinski definition) is 3. The van der Waals surface area contributed by atoms with Gasteiger partial charge in [0.05, 0.1) is 11.4 Å². The molecule has 76 valence electrons. The van der Waals surface area contributed by atoms with Gasteiger partial charge in [-0.1, -0.05) is 0 Å². The van der Waals surface area contributed by atoms with E-state index in [4.69, 9.17) is 4.98 Å². The second-order valence-corrected chi connectivity index (χ2v) is 4.16. The second kappa shape index (κ2) is 3.37. The van der Waals surface area contributed by atoms with Crippen LogP contribution in [0.25, 0.3) is 0 Å². The zero-order valence-electron chi connectivity index (χ0n) is 8.27. The van der Waals surface area contributed by atoms with E-state index < -0.39 is 0 Å². The molecule has 0 saturated carbocycles. The first-order valence-corrected chi connectivity index (χ1v) is 5.42. The number of aromatic amines is 1. The highest BCUT2D eigenvalue weighted by atomic mass is 15.0. The molecule has 1 aromatic rings. The summed E-state index contributed by atoms with van der Waals surface area (Å²) in [5, 5.41) is 6.73. The van der Waals surface area contributed by atoms with Crippen molar-refractivity contribution in [1.29, 1.82) is 0 Å². The molecule has 3 N–H and O–H groups in total. The van der Waals surface area contributed by atoms with Crippen molar-refractivity contribution in [2.24, 2.45) is 0 Å². The van der Waals surface area contributed by atoms with Crippen LogP contribution in [-0.4, -0.2) is 29.6 Å². The highest BCUT2D eigenvalue weighted by Crippen LogP contribution is 2.22. The Morgan fingerprint density at radius 2 is 2.21 bits per heavy atom. The molecule has 4 heteroatoms. The van der Waals surface area contributed by atoms with Crippen molar-refractivity contribution in [2.45, 2.75) is 25.3 Å². The molecule has 3 rings (SSSR count). The SMILES string of the molecule is C1Cc2nc(C3CCNC3)[nH]c2CN1. The lowest BCUT2D eigenvalue weighted by Crippen LogP contribution is -2.23. The Kier molecular flexibility index (Phi) is 2.03. The number of rotatable bonds is 1. The Morgan fingerprint density at radius 3 is 3.00 bits per heavy atom. The Morgan fingerprint density at radius 1 is 1.21 bits per heavy atom. The summed E-state index contributed by atoms with van der Waals surface area (Å²) in [7, 11) is 0. The first-order valence-electron chi connectivity index (χ1n) is 5.42. The van der Waals surface area contributed by atoms with Crippen molar-refractivity contribution in [2.75, 3.05) is 19.6 Å². The van der Waals surface area contributed by atoms with Gasteiger partial charge in [0.25, 0.3) is 0 Å². The fraction of sp³-hybridized carbons (Fsp3) is 0.700. The molecule has 1 aromatic heterocycles. The first kappa shape index (κ1) is 8.44. The molecule has 1 unspecified atom stereocenters. The van der Waals surface area contributed by atoms with E-state index in [0.29, 0.717) is 5.92 Å². The van der Waals surface area contributed by atoms with Gasteiger partial charge in [0.15, 0.2) is 0 Å². The third-order valence-corrected chi connectivity index (χ3v) is 3.17. The largest absolute Gasteiger partial charge is 0.344 e. The van der Waals surface area contributed by atoms with Crippen LogP contribution in [0, 0.1) is 0 Å². The average molecular weight is 192 g/mol. The van der Waals surface area contributed by atoms with E-state index in [2.05, 4.69) is 15.6 Å². The van der Waals surface area contributed by atoms with E-state index in [1.807, 2.05) is 0 Å². The molecule has 0 amide bonds. The first-order chi connectivity index (χ1) is 6.93. The maximum absolute atomic E-state index is 4.70. The number of H-pyrrole nitrogens is 1. The van der Waals surface area contributed by atoms with Gasteiger partial charge in [-0.15, -0.1) is 0 Å². The molecular formula is C10H16N4. The van der Waals surface area contributed by atoms with Crippen molar-refractivity contribution in [1.82, 2.24) is 20.6 Å². The zero-order valence-corrected chi connectivity index (χ0v) is 8.27. The predicted molar refractivity (Wildman–Crippen MR) is 54.2 cm³/mol. The lowest BCUT2D eigenvalue weighted by atomic mass is 10.1. The molecule has 3 heterocycles. The number of nitrogens with one attached hydrogen (secondary N) is 3. The lowest BCUT2D eigenvalue weighted by molar-refractivity contribution is 0.627. The number of aromatic nitrogens is 2. The molecule has 0 aliphatic carbocycles. The Hall–Kier alpha value is -0.870. The van der Waals surface area contributed by atoms with Gasteiger partial charge in [0.2, 0.25) is 0 Å². The monoisotopic (exact) mass is 192 g/mol. The van der Waals surface area contributed by atoms with Gasteiger partial charge in [-0.3, -0.25) is 0 Å². The summed E-state index contributed by atoms with van der Waals surface area (Å²) in [5.74, 6) is 1.81. The fourth-order valence-corrected chi connectivity index (χ4v) is 2.32. The van der Waals surface area contributed by atoms with E-state index in [1.54, 1.807) is 0 Å². The quantitative estimate of drug-likeness (QED) is 0.593. The van der Waals surface area contributed by atoms with Crippen LogP contribution in [0.15, 0.2) is 0 Å². The van der Waals surface area contributed by atoms with Gasteiger partial charge in [-0.25, -0.2) is 4.98 Å². The number of fused-ring (bicyclic) bond motifs is 1. The summed E-state index contributed by atoms with van der Waals surface area (Å²) < 4.78 is 0. The molecule has 1 atom stereocenters. The smallest absolute Gasteiger partial charge is 0.111 e. The number of hydrogen-bond acceptors (Lipinski definition) is 3. The third kappa shape index (κ3) is 1.35. The minimum Gasteiger partial charge on any atom is -0.344 e.